The molecule has 0 aliphatic heterocycles. The van der Waals surface area contributed by atoms with Crippen molar-refractivity contribution in [3.8, 4) is 0 Å². The summed E-state index contributed by atoms with van der Waals surface area (Å²) in [7, 11) is 0. The zero-order chi connectivity index (χ0) is 8.81. The third-order valence-electron chi connectivity index (χ3n) is 1.54. The Morgan fingerprint density at radius 1 is 1.25 bits per heavy atom. The van der Waals surface area contributed by atoms with Crippen molar-refractivity contribution < 1.29 is 0 Å². The molecule has 0 radical (unpaired) electrons. The fraction of sp³-hybridized carbons (Fsp3) is 0.200. The number of nitrogens with two attached hydrogens (primary N) is 1. The zero-order valence-corrected chi connectivity index (χ0v) is 7.80. The van der Waals surface area contributed by atoms with E-state index >= 15 is 0 Å². The average molecular weight is 179 g/mol. The van der Waals surface area contributed by atoms with Crippen LogP contribution in [0.3, 0.4) is 0 Å². The van der Waals surface area contributed by atoms with Gasteiger partial charge in [-0.15, -0.1) is 0 Å². The van der Waals surface area contributed by atoms with Gasteiger partial charge >= 0.3 is 0 Å². The van der Waals surface area contributed by atoms with Gasteiger partial charge in [-0.25, -0.2) is 0 Å². The van der Waals surface area contributed by atoms with E-state index in [-0.39, 0.29) is 0 Å². The molecule has 0 amide bonds. The van der Waals surface area contributed by atoms with Crippen molar-refractivity contribution in [2.75, 3.05) is 11.5 Å². The molecule has 0 atom stereocenters. The maximum absolute atomic E-state index is 5.55. The smallest absolute Gasteiger partial charge is 0.0314 e. The molecule has 0 saturated heterocycles. The first-order valence-corrected chi connectivity index (χ1v) is 4.59. The lowest BCUT2D eigenvalue weighted by Gasteiger charge is -1.93. The molecule has 0 heterocycles. The van der Waals surface area contributed by atoms with E-state index < -0.39 is 0 Å². The molecule has 0 aromatic heterocycles. The van der Waals surface area contributed by atoms with E-state index in [4.69, 9.17) is 5.73 Å². The Labute approximate surface area is 78.7 Å². The van der Waals surface area contributed by atoms with Crippen LogP contribution in [0.15, 0.2) is 30.3 Å². The molecule has 64 valence electrons. The molecular weight excluding hydrogens is 166 g/mol. The van der Waals surface area contributed by atoms with Crippen molar-refractivity contribution in [3.05, 3.63) is 35.9 Å². The minimum Gasteiger partial charge on any atom is -0.399 e. The molecule has 0 unspecified atom stereocenters. The largest absolute Gasteiger partial charge is 0.399 e. The molecule has 1 rings (SSSR count). The van der Waals surface area contributed by atoms with E-state index in [9.17, 15) is 0 Å². The number of allylic oxidation sites excluding steroid dienone is 1. The van der Waals surface area contributed by atoms with Crippen molar-refractivity contribution in [2.24, 2.45) is 0 Å². The quantitative estimate of drug-likeness (QED) is 0.541. The van der Waals surface area contributed by atoms with Crippen LogP contribution in [0.2, 0.25) is 0 Å². The lowest BCUT2D eigenvalue weighted by molar-refractivity contribution is 1.26. The number of nitrogen functional groups attached to an aromatic ring is 1. The van der Waals surface area contributed by atoms with Crippen LogP contribution in [0.25, 0.3) is 6.08 Å². The monoisotopic (exact) mass is 179 g/mol. The first-order chi connectivity index (χ1) is 5.83. The van der Waals surface area contributed by atoms with E-state index in [1.165, 1.54) is 5.56 Å². The SMILES string of the molecule is Nc1ccc(C=CCCS)cc1. The molecule has 1 nitrogen and oxygen atoms in total. The van der Waals surface area contributed by atoms with Crippen LogP contribution >= 0.6 is 12.6 Å². The van der Waals surface area contributed by atoms with Gasteiger partial charge in [0.05, 0.1) is 0 Å². The first kappa shape index (κ1) is 9.20. The van der Waals surface area contributed by atoms with Crippen molar-refractivity contribution in [1.82, 2.24) is 0 Å². The van der Waals surface area contributed by atoms with Gasteiger partial charge in [-0.1, -0.05) is 24.3 Å². The molecular formula is C10H13NS. The predicted octanol–water partition coefficient (Wildman–Crippen LogP) is 2.60. The normalized spacial score (nSPS) is 10.8. The summed E-state index contributed by atoms with van der Waals surface area (Å²) in [6, 6.07) is 7.81. The zero-order valence-electron chi connectivity index (χ0n) is 6.90. The summed E-state index contributed by atoms with van der Waals surface area (Å²) < 4.78 is 0. The van der Waals surface area contributed by atoms with Gasteiger partial charge in [-0.2, -0.15) is 12.6 Å². The van der Waals surface area contributed by atoms with Gasteiger partial charge < -0.3 is 5.73 Å². The third-order valence-corrected chi connectivity index (χ3v) is 1.80. The summed E-state index contributed by atoms with van der Waals surface area (Å²) in [5.41, 5.74) is 7.54. The highest BCUT2D eigenvalue weighted by molar-refractivity contribution is 7.80. The molecule has 0 aliphatic rings. The highest BCUT2D eigenvalue weighted by Crippen LogP contribution is 2.07. The second kappa shape index (κ2) is 4.88. The van der Waals surface area contributed by atoms with Gasteiger partial charge in [0.25, 0.3) is 0 Å². The molecule has 0 spiro atoms. The van der Waals surface area contributed by atoms with Gasteiger partial charge in [-0.05, 0) is 29.9 Å². The highest BCUT2D eigenvalue weighted by atomic mass is 32.1. The maximum Gasteiger partial charge on any atom is 0.0314 e. The summed E-state index contributed by atoms with van der Waals surface area (Å²) >= 11 is 4.11. The summed E-state index contributed by atoms with van der Waals surface area (Å²) in [5.74, 6) is 0.894. The van der Waals surface area contributed by atoms with Crippen LogP contribution in [0, 0.1) is 0 Å². The number of benzene rings is 1. The number of hydrogen-bond acceptors (Lipinski definition) is 2. The fourth-order valence-electron chi connectivity index (χ4n) is 0.901. The van der Waals surface area contributed by atoms with E-state index in [1.807, 2.05) is 24.3 Å². The Kier molecular flexibility index (Phi) is 3.74. The molecule has 12 heavy (non-hydrogen) atoms. The van der Waals surface area contributed by atoms with Gasteiger partial charge in [0, 0.05) is 5.69 Å². The Balaban J connectivity index is 2.58. The molecule has 2 heteroatoms. The van der Waals surface area contributed by atoms with Crippen LogP contribution in [0.1, 0.15) is 12.0 Å². The lowest BCUT2D eigenvalue weighted by Crippen LogP contribution is -1.82. The van der Waals surface area contributed by atoms with Crippen LogP contribution in [-0.2, 0) is 0 Å². The topological polar surface area (TPSA) is 26.0 Å². The summed E-state index contributed by atoms with van der Waals surface area (Å²) in [5, 5.41) is 0. The fourth-order valence-corrected chi connectivity index (χ4v) is 1.05. The van der Waals surface area contributed by atoms with Crippen LogP contribution in [0.4, 0.5) is 5.69 Å². The molecule has 1 aromatic carbocycles. The van der Waals surface area contributed by atoms with Crippen molar-refractivity contribution >= 4 is 24.4 Å². The molecule has 2 N–H and O–H groups in total. The number of rotatable bonds is 3. The van der Waals surface area contributed by atoms with Crippen molar-refractivity contribution in [1.29, 1.82) is 0 Å². The highest BCUT2D eigenvalue weighted by Gasteiger charge is 1.85. The van der Waals surface area contributed by atoms with Gasteiger partial charge in [0.15, 0.2) is 0 Å². The summed E-state index contributed by atoms with van der Waals surface area (Å²) in [6.45, 7) is 0. The van der Waals surface area contributed by atoms with Gasteiger partial charge in [0.1, 0.15) is 0 Å². The van der Waals surface area contributed by atoms with Gasteiger partial charge in [-0.3, -0.25) is 0 Å². The van der Waals surface area contributed by atoms with Gasteiger partial charge in [0.2, 0.25) is 0 Å². The lowest BCUT2D eigenvalue weighted by atomic mass is 10.2. The van der Waals surface area contributed by atoms with Crippen LogP contribution < -0.4 is 5.73 Å². The van der Waals surface area contributed by atoms with E-state index in [0.29, 0.717) is 0 Å². The second-order valence-electron chi connectivity index (χ2n) is 2.58. The predicted molar refractivity (Wildman–Crippen MR) is 58.4 cm³/mol. The molecule has 0 saturated carbocycles. The molecule has 0 aliphatic carbocycles. The third kappa shape index (κ3) is 3.01. The standard InChI is InChI=1S/C10H13NS/c11-10-6-4-9(5-7-10)3-1-2-8-12/h1,3-7,12H,2,8,11H2. The Morgan fingerprint density at radius 3 is 2.50 bits per heavy atom. The molecule has 0 fully saturated rings. The maximum atomic E-state index is 5.55. The van der Waals surface area contributed by atoms with Crippen molar-refractivity contribution in [3.63, 3.8) is 0 Å². The molecule has 0 bridgehead atoms. The Hall–Kier alpha value is -0.890. The van der Waals surface area contributed by atoms with E-state index in [2.05, 4.69) is 24.8 Å². The average Bonchev–Trinajstić information content (AvgIpc) is 2.09. The minimum atomic E-state index is 0.807. The van der Waals surface area contributed by atoms with Crippen LogP contribution in [0.5, 0.6) is 0 Å². The summed E-state index contributed by atoms with van der Waals surface area (Å²) in [6.07, 6.45) is 5.20. The summed E-state index contributed by atoms with van der Waals surface area (Å²) in [4.78, 5) is 0. The number of anilines is 1. The van der Waals surface area contributed by atoms with Crippen molar-refractivity contribution in [2.45, 2.75) is 6.42 Å². The van der Waals surface area contributed by atoms with Crippen LogP contribution in [-0.4, -0.2) is 5.75 Å². The number of hydrogen-bond donors (Lipinski definition) is 2. The van der Waals surface area contributed by atoms with E-state index in [1.54, 1.807) is 0 Å². The minimum absolute atomic E-state index is 0.807. The first-order valence-electron chi connectivity index (χ1n) is 3.96. The molecule has 1 aromatic rings. The Morgan fingerprint density at radius 2 is 1.92 bits per heavy atom. The number of thiol groups is 1. The second-order valence-corrected chi connectivity index (χ2v) is 3.03. The Bertz CT molecular complexity index is 251. The van der Waals surface area contributed by atoms with E-state index in [0.717, 1.165) is 17.9 Å².